The Labute approximate surface area is 516 Å². The first-order chi connectivity index (χ1) is 34.1. The van der Waals surface area contributed by atoms with Crippen molar-refractivity contribution in [1.29, 1.82) is 0 Å². The monoisotopic (exact) mass is 1250 g/mol. The van der Waals surface area contributed by atoms with E-state index in [1.54, 1.807) is 25.7 Å². The SMILES string of the molecule is CC(C)(C)O.C[C@H]1C[C@@H](C#Cc2ccc(Br)cc2N)N(C(=O)OC(C)(C)C)C1.C[C@H]1C[C@@H](C2=Cc3ccc(Br)cc3C2)N(C(=O)OC(C)(C)C)C1.C[C@H]1C[C@H](C2=Cc3ccc(Br)cc3C2)N(C(=O)OC(C)(C)C)C1.[K+]. The van der Waals surface area contributed by atoms with Crippen molar-refractivity contribution in [1.82, 2.24) is 14.7 Å². The Balaban J connectivity index is 0.000000231. The third-order valence-corrected chi connectivity index (χ3v) is 13.8. The molecule has 75 heavy (non-hydrogen) atoms. The maximum absolute atomic E-state index is 12.6. The zero-order valence-electron chi connectivity index (χ0n) is 47.4. The molecule has 3 aromatic rings. The van der Waals surface area contributed by atoms with E-state index < -0.39 is 22.4 Å². The minimum atomic E-state index is -0.503. The fourth-order valence-electron chi connectivity index (χ4n) is 9.46. The quantitative estimate of drug-likeness (QED) is 0.112. The Morgan fingerprint density at radius 3 is 1.31 bits per heavy atom. The van der Waals surface area contributed by atoms with E-state index in [-0.39, 0.29) is 87.8 Å². The molecule has 3 saturated heterocycles. The molecule has 2 aliphatic carbocycles. The van der Waals surface area contributed by atoms with Gasteiger partial charge in [-0.05, 0) is 209 Å². The molecule has 8 rings (SSSR count). The largest absolute Gasteiger partial charge is 1.00 e. The number of rotatable bonds is 2. The smallest absolute Gasteiger partial charge is 0.444 e. The molecule has 3 amide bonds. The molecule has 0 aromatic heterocycles. The summed E-state index contributed by atoms with van der Waals surface area (Å²) in [5.74, 6) is 7.70. The van der Waals surface area contributed by atoms with Gasteiger partial charge in [-0.1, -0.05) is 105 Å². The van der Waals surface area contributed by atoms with Crippen molar-refractivity contribution in [3.8, 4) is 11.8 Å². The van der Waals surface area contributed by atoms with Crippen LogP contribution in [0.3, 0.4) is 0 Å². The van der Waals surface area contributed by atoms with Gasteiger partial charge < -0.3 is 34.9 Å². The summed E-state index contributed by atoms with van der Waals surface area (Å²) >= 11 is 10.5. The normalized spacial score (nSPS) is 21.7. The molecule has 3 fully saturated rings. The van der Waals surface area contributed by atoms with E-state index >= 15 is 0 Å². The Kier molecular flexibility index (Phi) is 23.4. The van der Waals surface area contributed by atoms with E-state index in [1.807, 2.05) is 90.3 Å². The number of nitrogens with two attached hydrogens (primary N) is 1. The molecule has 0 spiro atoms. The van der Waals surface area contributed by atoms with Gasteiger partial charge in [0.1, 0.15) is 16.8 Å². The van der Waals surface area contributed by atoms with Gasteiger partial charge in [-0.25, -0.2) is 14.4 Å². The molecule has 0 saturated carbocycles. The summed E-state index contributed by atoms with van der Waals surface area (Å²) in [4.78, 5) is 43.0. The molecule has 3 aromatic carbocycles. The number of amides is 3. The number of hydrogen-bond donors (Lipinski definition) is 2. The minimum absolute atomic E-state index is 0. The summed E-state index contributed by atoms with van der Waals surface area (Å²) in [7, 11) is 0. The Morgan fingerprint density at radius 1 is 0.573 bits per heavy atom. The molecule has 404 valence electrons. The number of aliphatic hydroxyl groups is 1. The molecule has 0 radical (unpaired) electrons. The van der Waals surface area contributed by atoms with Crippen molar-refractivity contribution in [2.45, 2.75) is 176 Å². The minimum Gasteiger partial charge on any atom is -0.444 e. The second kappa shape index (κ2) is 27.0. The summed E-state index contributed by atoms with van der Waals surface area (Å²) in [5.41, 5.74) is 13.3. The summed E-state index contributed by atoms with van der Waals surface area (Å²) in [6, 6.07) is 18.6. The molecule has 0 unspecified atom stereocenters. The van der Waals surface area contributed by atoms with E-state index in [4.69, 9.17) is 25.1 Å². The Morgan fingerprint density at radius 2 is 0.920 bits per heavy atom. The fraction of sp³-hybridized carbons (Fsp3) is 0.550. The van der Waals surface area contributed by atoms with Gasteiger partial charge in [-0.15, -0.1) is 0 Å². The number of ether oxygens (including phenoxy) is 3. The van der Waals surface area contributed by atoms with Gasteiger partial charge in [0.15, 0.2) is 0 Å². The first-order valence-corrected chi connectivity index (χ1v) is 28.2. The Hall–Kier alpha value is -2.65. The molecular weight excluding hydrogens is 1170 g/mol. The van der Waals surface area contributed by atoms with Crippen LogP contribution in [0.15, 0.2) is 79.2 Å². The van der Waals surface area contributed by atoms with Crippen LogP contribution in [0, 0.1) is 29.6 Å². The standard InChI is InChI=1S/2C19H24BrNO2.C18H23BrN2O2.C4H10O.K/c2*1-12-7-17(21(11-12)18(22)23-19(2,3)4)15-8-13-5-6-16(20)10-14(13)9-15;1-12-9-15(21(11-12)17(22)23-18(2,3)4)8-6-13-5-7-14(19)10-16(13)20;1-4(2,3)5;/h2*5-6,8,10,12,17H,7,9,11H2,1-4H3;5,7,10,12,15H,9,11,20H2,1-4H3;5H,1-3H3;/q;;;;+1/t12-,17+;12-,17-;12-,15+;;/m000../s1. The number of carbonyl (C=O) groups excluding carboxylic acids is 3. The molecule has 11 nitrogen and oxygen atoms in total. The van der Waals surface area contributed by atoms with E-state index in [9.17, 15) is 14.4 Å². The van der Waals surface area contributed by atoms with Gasteiger partial charge in [0, 0.05) is 44.3 Å². The molecule has 0 bridgehead atoms. The van der Waals surface area contributed by atoms with Crippen LogP contribution < -0.4 is 57.1 Å². The number of fused-ring (bicyclic) bond motifs is 2. The zero-order chi connectivity index (χ0) is 55.2. The average molecular weight is 1250 g/mol. The fourth-order valence-corrected chi connectivity index (χ4v) is 10.7. The number of halogens is 3. The van der Waals surface area contributed by atoms with Gasteiger partial charge in [0.25, 0.3) is 0 Å². The summed E-state index contributed by atoms with van der Waals surface area (Å²) in [5, 5.41) is 8.52. The number of benzene rings is 3. The predicted molar refractivity (Wildman–Crippen MR) is 311 cm³/mol. The summed E-state index contributed by atoms with van der Waals surface area (Å²) in [6.07, 6.45) is 8.55. The van der Waals surface area contributed by atoms with Crippen molar-refractivity contribution in [2.75, 3.05) is 25.4 Å². The van der Waals surface area contributed by atoms with Crippen LogP contribution in [0.4, 0.5) is 20.1 Å². The van der Waals surface area contributed by atoms with E-state index in [0.717, 1.165) is 64.2 Å². The van der Waals surface area contributed by atoms with E-state index in [2.05, 4.69) is 129 Å². The van der Waals surface area contributed by atoms with Crippen LogP contribution in [0.25, 0.3) is 12.2 Å². The molecule has 15 heteroatoms. The third kappa shape index (κ3) is 20.8. The van der Waals surface area contributed by atoms with Crippen LogP contribution in [-0.4, -0.2) is 98.2 Å². The van der Waals surface area contributed by atoms with Crippen molar-refractivity contribution in [3.63, 3.8) is 0 Å². The van der Waals surface area contributed by atoms with E-state index in [1.165, 1.54) is 33.4 Å². The zero-order valence-corrected chi connectivity index (χ0v) is 55.3. The van der Waals surface area contributed by atoms with Crippen LogP contribution in [0.2, 0.25) is 0 Å². The van der Waals surface area contributed by atoms with Crippen molar-refractivity contribution in [2.24, 2.45) is 17.8 Å². The molecule has 5 aliphatic rings. The number of nitrogens with zero attached hydrogens (tertiary/aromatic N) is 3. The van der Waals surface area contributed by atoms with E-state index in [0.29, 0.717) is 30.0 Å². The second-order valence-corrected chi connectivity index (χ2v) is 27.4. The first-order valence-electron chi connectivity index (χ1n) is 25.9. The maximum atomic E-state index is 12.6. The number of likely N-dealkylation sites (tertiary alicyclic amines) is 3. The van der Waals surface area contributed by atoms with Gasteiger partial charge in [-0.2, -0.15) is 0 Å². The van der Waals surface area contributed by atoms with Crippen LogP contribution in [0.5, 0.6) is 0 Å². The third-order valence-electron chi connectivity index (χ3n) is 12.3. The predicted octanol–water partition coefficient (Wildman–Crippen LogP) is 11.9. The molecule has 3 aliphatic heterocycles. The van der Waals surface area contributed by atoms with Crippen molar-refractivity contribution in [3.05, 3.63) is 107 Å². The van der Waals surface area contributed by atoms with Crippen molar-refractivity contribution < 1.29 is 85.1 Å². The second-order valence-electron chi connectivity index (χ2n) is 24.6. The van der Waals surface area contributed by atoms with Crippen LogP contribution >= 0.6 is 47.8 Å². The maximum Gasteiger partial charge on any atom is 1.00 e. The number of nitrogen functional groups attached to an aromatic ring is 1. The molecule has 3 heterocycles. The number of carbonyl (C=O) groups is 3. The summed E-state index contributed by atoms with van der Waals surface area (Å²) in [6.45, 7) is 31.1. The van der Waals surface area contributed by atoms with Crippen LogP contribution in [0.1, 0.15) is 151 Å². The van der Waals surface area contributed by atoms with Gasteiger partial charge in [-0.3, -0.25) is 4.90 Å². The van der Waals surface area contributed by atoms with Crippen molar-refractivity contribution >= 4 is 83.9 Å². The molecule has 6 atom stereocenters. The molecule has 3 N–H and O–H groups in total. The Bertz CT molecular complexity index is 2500. The average Bonchev–Trinajstić information content (AvgIpc) is 4.08. The summed E-state index contributed by atoms with van der Waals surface area (Å²) < 4.78 is 19.8. The van der Waals surface area contributed by atoms with Gasteiger partial charge >= 0.3 is 69.7 Å². The molecular formula is C60H81Br3KN4O7+. The topological polar surface area (TPSA) is 135 Å². The first kappa shape index (κ1) is 64.9. The van der Waals surface area contributed by atoms with Gasteiger partial charge in [0.05, 0.1) is 23.7 Å². The van der Waals surface area contributed by atoms with Gasteiger partial charge in [0.2, 0.25) is 0 Å². The number of hydrogen-bond acceptors (Lipinski definition) is 8. The van der Waals surface area contributed by atoms with Crippen LogP contribution in [-0.2, 0) is 27.1 Å². The number of anilines is 1.